The first-order valence-corrected chi connectivity index (χ1v) is 11.7. The van der Waals surface area contributed by atoms with Crippen molar-refractivity contribution in [1.29, 1.82) is 0 Å². The number of aromatic hydroxyl groups is 1. The fourth-order valence-corrected chi connectivity index (χ4v) is 4.63. The van der Waals surface area contributed by atoms with Crippen molar-refractivity contribution in [3.8, 4) is 17.2 Å². The number of nitrogens with one attached hydrogen (secondary N) is 1. The molecular formula is C21H27ClN2O6S. The number of amides is 1. The predicted molar refractivity (Wildman–Crippen MR) is 120 cm³/mol. The lowest BCUT2D eigenvalue weighted by atomic mass is 10.1. The molecule has 2 aromatic rings. The molecule has 2 aromatic carbocycles. The van der Waals surface area contributed by atoms with Gasteiger partial charge in [0.15, 0.2) is 11.5 Å². The van der Waals surface area contributed by atoms with Crippen LogP contribution in [-0.4, -0.2) is 50.5 Å². The Hall–Kier alpha value is -2.49. The van der Waals surface area contributed by atoms with E-state index in [4.69, 9.17) is 21.1 Å². The molecule has 170 valence electrons. The number of hydrogen-bond acceptors (Lipinski definition) is 6. The Kier molecular flexibility index (Phi) is 8.55. The first-order valence-electron chi connectivity index (χ1n) is 9.84. The summed E-state index contributed by atoms with van der Waals surface area (Å²) in [4.78, 5) is 12.7. The smallest absolute Gasteiger partial charge is 0.255 e. The molecule has 0 heterocycles. The fourth-order valence-electron chi connectivity index (χ4n) is 2.88. The van der Waals surface area contributed by atoms with E-state index in [1.54, 1.807) is 13.8 Å². The maximum absolute atomic E-state index is 12.8. The zero-order valence-corrected chi connectivity index (χ0v) is 19.5. The van der Waals surface area contributed by atoms with Crippen molar-refractivity contribution in [2.24, 2.45) is 0 Å². The number of sulfonamides is 1. The summed E-state index contributed by atoms with van der Waals surface area (Å²) in [7, 11) is -2.33. The van der Waals surface area contributed by atoms with Crippen molar-refractivity contribution >= 4 is 33.2 Å². The maximum Gasteiger partial charge on any atom is 0.255 e. The number of carbonyl (C=O) groups excluding carboxylic acids is 1. The van der Waals surface area contributed by atoms with Gasteiger partial charge in [-0.2, -0.15) is 4.31 Å². The van der Waals surface area contributed by atoms with Crippen LogP contribution in [0.15, 0.2) is 35.2 Å². The van der Waals surface area contributed by atoms with Gasteiger partial charge >= 0.3 is 0 Å². The highest BCUT2D eigenvalue weighted by molar-refractivity contribution is 7.89. The Morgan fingerprint density at radius 3 is 2.42 bits per heavy atom. The maximum atomic E-state index is 12.8. The second-order valence-corrected chi connectivity index (χ2v) is 8.91. The molecule has 0 radical (unpaired) electrons. The number of halogens is 1. The SMILES string of the molecule is CCCOc1c(Cl)cc(C(=O)Nc2cc(S(=O)(=O)N(CC)CC)ccc2O)cc1OC. The van der Waals surface area contributed by atoms with E-state index in [0.717, 1.165) is 6.42 Å². The third-order valence-corrected chi connectivity index (χ3v) is 6.83. The predicted octanol–water partition coefficient (Wildman–Crippen LogP) is 4.13. The average Bonchev–Trinajstić information content (AvgIpc) is 2.74. The minimum Gasteiger partial charge on any atom is -0.506 e. The lowest BCUT2D eigenvalue weighted by molar-refractivity contribution is 0.102. The van der Waals surface area contributed by atoms with Gasteiger partial charge < -0.3 is 19.9 Å². The number of hydrogen-bond donors (Lipinski definition) is 2. The van der Waals surface area contributed by atoms with Crippen molar-refractivity contribution in [1.82, 2.24) is 4.31 Å². The van der Waals surface area contributed by atoms with E-state index in [0.29, 0.717) is 25.4 Å². The van der Waals surface area contributed by atoms with Crippen molar-refractivity contribution in [2.75, 3.05) is 32.1 Å². The molecule has 0 fully saturated rings. The first kappa shape index (κ1) is 24.8. The van der Waals surface area contributed by atoms with E-state index in [-0.39, 0.29) is 32.7 Å². The molecule has 0 aliphatic heterocycles. The summed E-state index contributed by atoms with van der Waals surface area (Å²) >= 11 is 6.26. The van der Waals surface area contributed by atoms with E-state index in [1.807, 2.05) is 6.92 Å². The summed E-state index contributed by atoms with van der Waals surface area (Å²) in [5, 5.41) is 12.9. The topological polar surface area (TPSA) is 105 Å². The molecule has 0 spiro atoms. The van der Waals surface area contributed by atoms with E-state index < -0.39 is 15.9 Å². The molecule has 0 aromatic heterocycles. The zero-order chi connectivity index (χ0) is 23.2. The fraction of sp³-hybridized carbons (Fsp3) is 0.381. The van der Waals surface area contributed by atoms with Gasteiger partial charge in [-0.3, -0.25) is 4.79 Å². The van der Waals surface area contributed by atoms with Crippen LogP contribution in [0, 0.1) is 0 Å². The molecule has 2 rings (SSSR count). The third kappa shape index (κ3) is 5.61. The van der Waals surface area contributed by atoms with Crippen LogP contribution in [0.2, 0.25) is 5.02 Å². The van der Waals surface area contributed by atoms with Gasteiger partial charge in [0.05, 0.1) is 29.3 Å². The molecule has 0 saturated carbocycles. The first-order chi connectivity index (χ1) is 14.7. The van der Waals surface area contributed by atoms with Crippen LogP contribution in [-0.2, 0) is 10.0 Å². The standard InChI is InChI=1S/C21H27ClN2O6S/c1-5-10-30-20-16(22)11-14(12-19(20)29-4)21(26)23-17-13-15(8-9-18(17)25)31(27,28)24(6-2)7-3/h8-9,11-13,25H,5-7,10H2,1-4H3,(H,23,26). The monoisotopic (exact) mass is 470 g/mol. The Labute approximate surface area is 187 Å². The average molecular weight is 471 g/mol. The highest BCUT2D eigenvalue weighted by Crippen LogP contribution is 2.37. The van der Waals surface area contributed by atoms with Crippen molar-refractivity contribution in [3.63, 3.8) is 0 Å². The molecule has 0 bridgehead atoms. The quantitative estimate of drug-likeness (QED) is 0.506. The van der Waals surface area contributed by atoms with Crippen LogP contribution in [0.25, 0.3) is 0 Å². The highest BCUT2D eigenvalue weighted by atomic mass is 35.5. The molecule has 2 N–H and O–H groups in total. The van der Waals surface area contributed by atoms with Gasteiger partial charge in [-0.15, -0.1) is 0 Å². The van der Waals surface area contributed by atoms with Gasteiger partial charge in [0, 0.05) is 18.7 Å². The zero-order valence-electron chi connectivity index (χ0n) is 17.9. The molecule has 0 saturated heterocycles. The van der Waals surface area contributed by atoms with Gasteiger partial charge in [-0.25, -0.2) is 8.42 Å². The Morgan fingerprint density at radius 2 is 1.84 bits per heavy atom. The molecule has 0 aliphatic carbocycles. The van der Waals surface area contributed by atoms with E-state index in [9.17, 15) is 18.3 Å². The number of methoxy groups -OCH3 is 1. The molecule has 31 heavy (non-hydrogen) atoms. The summed E-state index contributed by atoms with van der Waals surface area (Å²) < 4.78 is 37.6. The van der Waals surface area contributed by atoms with Gasteiger partial charge in [0.2, 0.25) is 10.0 Å². The summed E-state index contributed by atoms with van der Waals surface area (Å²) in [5.74, 6) is -0.256. The number of nitrogens with zero attached hydrogens (tertiary/aromatic N) is 1. The van der Waals surface area contributed by atoms with Gasteiger partial charge in [0.1, 0.15) is 5.75 Å². The lowest BCUT2D eigenvalue weighted by Gasteiger charge is -2.19. The van der Waals surface area contributed by atoms with E-state index in [1.165, 1.54) is 41.7 Å². The number of carbonyl (C=O) groups is 1. The number of benzene rings is 2. The minimum absolute atomic E-state index is 0.0387. The molecule has 1 amide bonds. The molecular weight excluding hydrogens is 444 g/mol. The number of rotatable bonds is 10. The van der Waals surface area contributed by atoms with Gasteiger partial charge in [-0.05, 0) is 36.8 Å². The number of ether oxygens (including phenoxy) is 2. The van der Waals surface area contributed by atoms with Crippen molar-refractivity contribution in [2.45, 2.75) is 32.1 Å². The summed E-state index contributed by atoms with van der Waals surface area (Å²) in [6.07, 6.45) is 0.772. The van der Waals surface area contributed by atoms with E-state index >= 15 is 0 Å². The largest absolute Gasteiger partial charge is 0.506 e. The molecule has 0 aliphatic rings. The molecule has 0 atom stereocenters. The Bertz CT molecular complexity index is 1040. The second kappa shape index (κ2) is 10.7. The van der Waals surface area contributed by atoms with Crippen LogP contribution in [0.1, 0.15) is 37.6 Å². The lowest BCUT2D eigenvalue weighted by Crippen LogP contribution is -2.30. The van der Waals surface area contributed by atoms with Crippen molar-refractivity contribution in [3.05, 3.63) is 40.9 Å². The highest BCUT2D eigenvalue weighted by Gasteiger charge is 2.23. The van der Waals surface area contributed by atoms with Crippen LogP contribution >= 0.6 is 11.6 Å². The van der Waals surface area contributed by atoms with Crippen LogP contribution in [0.3, 0.4) is 0 Å². The minimum atomic E-state index is -3.76. The Morgan fingerprint density at radius 1 is 1.16 bits per heavy atom. The Balaban J connectivity index is 2.37. The summed E-state index contributed by atoms with van der Waals surface area (Å²) in [6, 6.07) is 6.61. The van der Waals surface area contributed by atoms with Crippen LogP contribution in [0.4, 0.5) is 5.69 Å². The third-order valence-electron chi connectivity index (χ3n) is 4.50. The van der Waals surface area contributed by atoms with Gasteiger partial charge in [0.25, 0.3) is 5.91 Å². The number of phenols is 1. The number of phenolic OH excluding ortho intramolecular Hbond substituents is 1. The molecule has 8 nitrogen and oxygen atoms in total. The number of anilines is 1. The summed E-state index contributed by atoms with van der Waals surface area (Å²) in [5.41, 5.74) is 0.113. The van der Waals surface area contributed by atoms with Crippen molar-refractivity contribution < 1.29 is 27.8 Å². The molecule has 10 heteroatoms. The van der Waals surface area contributed by atoms with Crippen LogP contribution < -0.4 is 14.8 Å². The molecule has 0 unspecified atom stereocenters. The van der Waals surface area contributed by atoms with E-state index in [2.05, 4.69) is 5.32 Å². The van der Waals surface area contributed by atoms with Gasteiger partial charge in [-0.1, -0.05) is 32.4 Å². The summed E-state index contributed by atoms with van der Waals surface area (Å²) in [6.45, 7) is 6.44. The second-order valence-electron chi connectivity index (χ2n) is 6.56. The van der Waals surface area contributed by atoms with Crippen LogP contribution in [0.5, 0.6) is 17.2 Å². The normalized spacial score (nSPS) is 11.4.